The van der Waals surface area contributed by atoms with Crippen molar-refractivity contribution >= 4 is 22.8 Å². The summed E-state index contributed by atoms with van der Waals surface area (Å²) in [4.78, 5) is 41.3. The third kappa shape index (κ3) is 4.50. The van der Waals surface area contributed by atoms with Crippen LogP contribution in [0.3, 0.4) is 0 Å². The zero-order chi connectivity index (χ0) is 22.7. The number of aromatic nitrogens is 2. The smallest absolute Gasteiger partial charge is 0.349 e. The average Bonchev–Trinajstić information content (AvgIpc) is 3.19. The molecule has 10 nitrogen and oxygen atoms in total. The van der Waals surface area contributed by atoms with Crippen LogP contribution in [0.5, 0.6) is 5.88 Å². The molecule has 32 heavy (non-hydrogen) atoms. The minimum atomic E-state index is -0.654. The zero-order valence-electron chi connectivity index (χ0n) is 18.0. The number of nitrogens with zero attached hydrogens (tertiary/aromatic N) is 4. The largest absolute Gasteiger partial charge is 0.479 e. The summed E-state index contributed by atoms with van der Waals surface area (Å²) < 4.78 is 12.0. The first-order valence-corrected chi connectivity index (χ1v) is 10.4. The molecule has 10 heteroatoms. The average molecular weight is 439 g/mol. The molecule has 1 N–H and O–H groups in total. The van der Waals surface area contributed by atoms with Crippen molar-refractivity contribution < 1.29 is 18.7 Å². The Bertz CT molecular complexity index is 1190. The molecule has 2 aromatic heterocycles. The SMILES string of the molecule is COc1nn(C)cc1C(=O)N1CCN(CCNC(=O)c2cc3ccccc3oc2=O)CC1. The van der Waals surface area contributed by atoms with Crippen molar-refractivity contribution in [2.45, 2.75) is 0 Å². The van der Waals surface area contributed by atoms with Crippen molar-refractivity contribution in [1.82, 2.24) is 24.9 Å². The lowest BCUT2D eigenvalue weighted by Crippen LogP contribution is -2.50. The third-order valence-corrected chi connectivity index (χ3v) is 5.48. The molecule has 1 saturated heterocycles. The molecule has 3 heterocycles. The van der Waals surface area contributed by atoms with E-state index in [0.29, 0.717) is 61.7 Å². The maximum atomic E-state index is 12.8. The molecule has 0 radical (unpaired) electrons. The predicted octanol–water partition coefficient (Wildman–Crippen LogP) is 0.723. The molecule has 1 fully saturated rings. The van der Waals surface area contributed by atoms with Gasteiger partial charge in [0.1, 0.15) is 16.7 Å². The minimum Gasteiger partial charge on any atom is -0.479 e. The van der Waals surface area contributed by atoms with Crippen molar-refractivity contribution in [1.29, 1.82) is 0 Å². The number of ether oxygens (including phenoxy) is 1. The quantitative estimate of drug-likeness (QED) is 0.564. The molecule has 3 aromatic rings. The Labute approximate surface area is 184 Å². The van der Waals surface area contributed by atoms with Gasteiger partial charge >= 0.3 is 5.63 Å². The van der Waals surface area contributed by atoms with Crippen LogP contribution >= 0.6 is 0 Å². The summed E-state index contributed by atoms with van der Waals surface area (Å²) in [6, 6.07) is 8.61. The second kappa shape index (κ2) is 9.23. The first-order chi connectivity index (χ1) is 15.5. The van der Waals surface area contributed by atoms with Gasteiger partial charge in [0.05, 0.1) is 7.11 Å². The van der Waals surface area contributed by atoms with Crippen molar-refractivity contribution in [3.63, 3.8) is 0 Å². The van der Waals surface area contributed by atoms with Gasteiger partial charge in [-0.3, -0.25) is 19.2 Å². The van der Waals surface area contributed by atoms with Crippen LogP contribution in [0.4, 0.5) is 0 Å². The molecule has 4 rings (SSSR count). The molecule has 0 saturated carbocycles. The van der Waals surface area contributed by atoms with Crippen molar-refractivity contribution in [2.24, 2.45) is 7.05 Å². The van der Waals surface area contributed by atoms with Crippen LogP contribution in [0.25, 0.3) is 11.0 Å². The van der Waals surface area contributed by atoms with Gasteiger partial charge in [-0.1, -0.05) is 18.2 Å². The normalized spacial score (nSPS) is 14.5. The van der Waals surface area contributed by atoms with Gasteiger partial charge in [0.25, 0.3) is 11.8 Å². The maximum Gasteiger partial charge on any atom is 0.349 e. The number of carbonyl (C=O) groups excluding carboxylic acids is 2. The minimum absolute atomic E-state index is 0.00969. The molecular formula is C22H25N5O5. The number of para-hydroxylation sites is 1. The highest BCUT2D eigenvalue weighted by molar-refractivity contribution is 5.97. The van der Waals surface area contributed by atoms with Gasteiger partial charge in [-0.05, 0) is 12.1 Å². The first-order valence-electron chi connectivity index (χ1n) is 10.4. The number of piperazine rings is 1. The number of nitrogens with one attached hydrogen (secondary N) is 1. The topological polar surface area (TPSA) is 110 Å². The van der Waals surface area contributed by atoms with Crippen LogP contribution in [0.1, 0.15) is 20.7 Å². The van der Waals surface area contributed by atoms with E-state index >= 15 is 0 Å². The van der Waals surface area contributed by atoms with E-state index in [2.05, 4.69) is 15.3 Å². The molecule has 168 valence electrons. The molecular weight excluding hydrogens is 414 g/mol. The van der Waals surface area contributed by atoms with Crippen molar-refractivity contribution in [3.8, 4) is 5.88 Å². The van der Waals surface area contributed by atoms with Gasteiger partial charge in [-0.2, -0.15) is 0 Å². The van der Waals surface area contributed by atoms with Gasteiger partial charge in [0, 0.05) is 57.9 Å². The fourth-order valence-electron chi connectivity index (χ4n) is 3.75. The van der Waals surface area contributed by atoms with Gasteiger partial charge in [0.2, 0.25) is 5.88 Å². The molecule has 2 amide bonds. The fourth-order valence-corrected chi connectivity index (χ4v) is 3.75. The zero-order valence-corrected chi connectivity index (χ0v) is 18.0. The molecule has 0 bridgehead atoms. The number of methoxy groups -OCH3 is 1. The molecule has 1 aliphatic heterocycles. The summed E-state index contributed by atoms with van der Waals surface area (Å²) in [5, 5.41) is 7.61. The summed E-state index contributed by atoms with van der Waals surface area (Å²) in [5.74, 6) is -0.242. The van der Waals surface area contributed by atoms with E-state index in [-0.39, 0.29) is 11.5 Å². The van der Waals surface area contributed by atoms with E-state index in [9.17, 15) is 14.4 Å². The van der Waals surface area contributed by atoms with Crippen LogP contribution in [0, 0.1) is 0 Å². The lowest BCUT2D eigenvalue weighted by atomic mass is 10.2. The second-order valence-electron chi connectivity index (χ2n) is 7.60. The summed E-state index contributed by atoms with van der Waals surface area (Å²) in [6.45, 7) is 3.50. The van der Waals surface area contributed by atoms with Gasteiger partial charge in [-0.25, -0.2) is 4.79 Å². The molecule has 0 unspecified atom stereocenters. The third-order valence-electron chi connectivity index (χ3n) is 5.48. The van der Waals surface area contributed by atoms with Crippen molar-refractivity contribution in [2.75, 3.05) is 46.4 Å². The van der Waals surface area contributed by atoms with Gasteiger partial charge in [0.15, 0.2) is 0 Å². The highest BCUT2D eigenvalue weighted by atomic mass is 16.5. The number of benzene rings is 1. The highest BCUT2D eigenvalue weighted by Gasteiger charge is 2.26. The summed E-state index contributed by atoms with van der Waals surface area (Å²) >= 11 is 0. The monoisotopic (exact) mass is 439 g/mol. The fraction of sp³-hybridized carbons (Fsp3) is 0.364. The molecule has 0 spiro atoms. The van der Waals surface area contributed by atoms with E-state index in [1.807, 2.05) is 6.07 Å². The molecule has 1 aliphatic rings. The van der Waals surface area contributed by atoms with Crippen LogP contribution in [0.15, 0.2) is 45.7 Å². The number of fused-ring (bicyclic) bond motifs is 1. The lowest BCUT2D eigenvalue weighted by Gasteiger charge is -2.34. The van der Waals surface area contributed by atoms with E-state index in [1.165, 1.54) is 7.11 Å². The van der Waals surface area contributed by atoms with Crippen LogP contribution in [0.2, 0.25) is 0 Å². The molecule has 0 atom stereocenters. The van der Waals surface area contributed by atoms with Crippen LogP contribution in [-0.2, 0) is 7.05 Å². The van der Waals surface area contributed by atoms with E-state index in [0.717, 1.165) is 0 Å². The Balaban J connectivity index is 1.27. The van der Waals surface area contributed by atoms with E-state index < -0.39 is 11.5 Å². The number of aryl methyl sites for hydroxylation is 1. The van der Waals surface area contributed by atoms with Gasteiger partial charge < -0.3 is 19.4 Å². The standard InChI is InChI=1S/C22H25N5O5/c1-25-14-17(20(24-25)31-2)21(29)27-11-9-26(10-12-27)8-7-23-19(28)16-13-15-5-3-4-6-18(15)32-22(16)30/h3-6,13-14H,7-12H2,1-2H3,(H,23,28). The highest BCUT2D eigenvalue weighted by Crippen LogP contribution is 2.18. The Morgan fingerprint density at radius 3 is 2.66 bits per heavy atom. The first kappa shape index (κ1) is 21.6. The Kier molecular flexibility index (Phi) is 6.22. The maximum absolute atomic E-state index is 12.8. The van der Waals surface area contributed by atoms with Gasteiger partial charge in [-0.15, -0.1) is 5.10 Å². The van der Waals surface area contributed by atoms with E-state index in [4.69, 9.17) is 9.15 Å². The summed E-state index contributed by atoms with van der Waals surface area (Å²) in [5.41, 5.74) is 0.235. The Morgan fingerprint density at radius 1 is 1.16 bits per heavy atom. The predicted molar refractivity (Wildman–Crippen MR) is 117 cm³/mol. The number of carbonyl (C=O) groups is 2. The number of hydrogen-bond donors (Lipinski definition) is 1. The number of amides is 2. The number of hydrogen-bond acceptors (Lipinski definition) is 7. The lowest BCUT2D eigenvalue weighted by molar-refractivity contribution is 0.0634. The van der Waals surface area contributed by atoms with Crippen LogP contribution < -0.4 is 15.7 Å². The van der Waals surface area contributed by atoms with Crippen LogP contribution in [-0.4, -0.2) is 77.8 Å². The van der Waals surface area contributed by atoms with Crippen molar-refractivity contribution in [3.05, 3.63) is 58.1 Å². The van der Waals surface area contributed by atoms with E-state index in [1.54, 1.807) is 47.1 Å². The Morgan fingerprint density at radius 2 is 1.91 bits per heavy atom. The molecule has 1 aromatic carbocycles. The second-order valence-corrected chi connectivity index (χ2v) is 7.60. The summed E-state index contributed by atoms with van der Waals surface area (Å²) in [6.07, 6.45) is 1.66. The molecule has 0 aliphatic carbocycles. The number of rotatable bonds is 6. The Hall–Kier alpha value is -3.66. The summed E-state index contributed by atoms with van der Waals surface area (Å²) in [7, 11) is 3.24.